The van der Waals surface area contributed by atoms with Crippen molar-refractivity contribution in [3.05, 3.63) is 71.3 Å². The van der Waals surface area contributed by atoms with Gasteiger partial charge in [0.1, 0.15) is 0 Å². The number of hydrogen-bond acceptors (Lipinski definition) is 0. The molecule has 0 saturated heterocycles. The minimum atomic E-state index is 0.707. The lowest BCUT2D eigenvalue weighted by Gasteiger charge is -2.05. The first kappa shape index (κ1) is 12.6. The predicted molar refractivity (Wildman–Crippen MR) is 80.4 cm³/mol. The van der Waals surface area contributed by atoms with E-state index in [1.165, 1.54) is 16.7 Å². The number of hydrogen-bond donors (Lipinski definition) is 0. The third-order valence-corrected chi connectivity index (χ3v) is 2.86. The first-order chi connectivity index (χ1) is 8.74. The monoisotopic (exact) mass is 236 g/mol. The van der Waals surface area contributed by atoms with E-state index in [1.54, 1.807) is 0 Å². The van der Waals surface area contributed by atoms with Gasteiger partial charge in [0.15, 0.2) is 0 Å². The second kappa shape index (κ2) is 6.20. The summed E-state index contributed by atoms with van der Waals surface area (Å²) in [7, 11) is 0. The van der Waals surface area contributed by atoms with Gasteiger partial charge in [0, 0.05) is 0 Å². The van der Waals surface area contributed by atoms with Crippen LogP contribution in [0.4, 0.5) is 0 Å². The highest BCUT2D eigenvalue weighted by atomic mass is 14.0. The number of benzene rings is 2. The van der Waals surface area contributed by atoms with Crippen LogP contribution in [-0.4, -0.2) is 0 Å². The molecule has 0 heterocycles. The minimum absolute atomic E-state index is 0.707. The molecule has 0 aromatic heterocycles. The van der Waals surface area contributed by atoms with Gasteiger partial charge < -0.3 is 0 Å². The van der Waals surface area contributed by atoms with Gasteiger partial charge in [0.05, 0.1) is 0 Å². The lowest BCUT2D eigenvalue weighted by atomic mass is 10.0. The Hall–Kier alpha value is -1.82. The van der Waals surface area contributed by atoms with Crippen LogP contribution in [0.15, 0.2) is 54.6 Å². The normalized spacial score (nSPS) is 11.3. The molecule has 2 aromatic rings. The molecule has 0 aliphatic carbocycles. The van der Waals surface area contributed by atoms with Gasteiger partial charge in [-0.1, -0.05) is 80.6 Å². The highest BCUT2D eigenvalue weighted by molar-refractivity contribution is 5.69. The van der Waals surface area contributed by atoms with Crippen LogP contribution in [0.3, 0.4) is 0 Å². The van der Waals surface area contributed by atoms with Crippen molar-refractivity contribution in [3.8, 4) is 0 Å². The average molecular weight is 236 g/mol. The summed E-state index contributed by atoms with van der Waals surface area (Å²) in [5.74, 6) is 0.707. The van der Waals surface area contributed by atoms with E-state index in [0.717, 1.165) is 6.42 Å². The van der Waals surface area contributed by atoms with E-state index >= 15 is 0 Å². The molecule has 0 aliphatic heterocycles. The first-order valence-electron chi connectivity index (χ1n) is 6.56. The Morgan fingerprint density at radius 1 is 0.833 bits per heavy atom. The van der Waals surface area contributed by atoms with Gasteiger partial charge >= 0.3 is 0 Å². The van der Waals surface area contributed by atoms with Crippen molar-refractivity contribution in [1.82, 2.24) is 0 Å². The Morgan fingerprint density at radius 3 is 2.22 bits per heavy atom. The fourth-order valence-corrected chi connectivity index (χ4v) is 2.05. The Balaban J connectivity index is 2.12. The van der Waals surface area contributed by atoms with Gasteiger partial charge in [0.25, 0.3) is 0 Å². The van der Waals surface area contributed by atoms with Crippen LogP contribution in [0.5, 0.6) is 0 Å². The Kier molecular flexibility index (Phi) is 4.35. The summed E-state index contributed by atoms with van der Waals surface area (Å²) in [5.41, 5.74) is 3.93. The zero-order valence-electron chi connectivity index (χ0n) is 11.1. The molecule has 2 aromatic carbocycles. The molecule has 0 spiro atoms. The molecule has 0 bridgehead atoms. The molecule has 0 radical (unpaired) electrons. The molecule has 0 fully saturated rings. The first-order valence-corrected chi connectivity index (χ1v) is 6.56. The minimum Gasteiger partial charge on any atom is -0.0625 e. The molecule has 0 saturated carbocycles. The van der Waals surface area contributed by atoms with E-state index in [4.69, 9.17) is 0 Å². The zero-order valence-corrected chi connectivity index (χ0v) is 11.1. The summed E-state index contributed by atoms with van der Waals surface area (Å²) in [4.78, 5) is 0. The molecular weight excluding hydrogens is 216 g/mol. The molecule has 0 heteroatoms. The van der Waals surface area contributed by atoms with E-state index in [2.05, 4.69) is 74.5 Å². The Bertz CT molecular complexity index is 507. The van der Waals surface area contributed by atoms with E-state index < -0.39 is 0 Å². The molecule has 0 nitrogen and oxygen atoms in total. The van der Waals surface area contributed by atoms with Crippen LogP contribution in [0.2, 0.25) is 0 Å². The zero-order chi connectivity index (χ0) is 12.8. The van der Waals surface area contributed by atoms with Gasteiger partial charge in [-0.25, -0.2) is 0 Å². The van der Waals surface area contributed by atoms with Crippen molar-refractivity contribution in [2.75, 3.05) is 0 Å². The van der Waals surface area contributed by atoms with Crippen LogP contribution in [-0.2, 0) is 6.42 Å². The Labute approximate surface area is 110 Å². The third kappa shape index (κ3) is 3.89. The maximum Gasteiger partial charge on any atom is -0.0254 e. The van der Waals surface area contributed by atoms with Gasteiger partial charge in [-0.2, -0.15) is 0 Å². The molecule has 0 unspecified atom stereocenters. The summed E-state index contributed by atoms with van der Waals surface area (Å²) in [6, 6.07) is 19.2. The summed E-state index contributed by atoms with van der Waals surface area (Å²) < 4.78 is 0. The standard InChI is InChI=1S/C18H20/c1-15(2)13-18-10-6-9-17(14-18)12-11-16-7-4-3-5-8-16/h3-12,14-15H,13H2,1-2H3/b12-11+. The molecule has 0 atom stereocenters. The quantitative estimate of drug-likeness (QED) is 0.651. The molecule has 92 valence electrons. The fraction of sp³-hybridized carbons (Fsp3) is 0.222. The van der Waals surface area contributed by atoms with Crippen LogP contribution in [0, 0.1) is 5.92 Å². The van der Waals surface area contributed by atoms with Crippen molar-refractivity contribution in [1.29, 1.82) is 0 Å². The van der Waals surface area contributed by atoms with Crippen molar-refractivity contribution in [2.24, 2.45) is 5.92 Å². The fourth-order valence-electron chi connectivity index (χ4n) is 2.05. The van der Waals surface area contributed by atoms with Gasteiger partial charge in [0.2, 0.25) is 0 Å². The van der Waals surface area contributed by atoms with Crippen LogP contribution >= 0.6 is 0 Å². The molecule has 0 aliphatic rings. The third-order valence-electron chi connectivity index (χ3n) is 2.86. The maximum atomic E-state index is 2.28. The molecule has 0 N–H and O–H groups in total. The van der Waals surface area contributed by atoms with E-state index in [-0.39, 0.29) is 0 Å². The summed E-state index contributed by atoms with van der Waals surface area (Å²) in [6.45, 7) is 4.51. The van der Waals surface area contributed by atoms with Crippen molar-refractivity contribution in [2.45, 2.75) is 20.3 Å². The van der Waals surface area contributed by atoms with Crippen LogP contribution < -0.4 is 0 Å². The predicted octanol–water partition coefficient (Wildman–Crippen LogP) is 5.06. The van der Waals surface area contributed by atoms with Crippen molar-refractivity contribution >= 4 is 12.2 Å². The van der Waals surface area contributed by atoms with Gasteiger partial charge in [-0.05, 0) is 29.0 Å². The summed E-state index contributed by atoms with van der Waals surface area (Å²) in [5, 5.41) is 0. The van der Waals surface area contributed by atoms with Crippen LogP contribution in [0.25, 0.3) is 12.2 Å². The largest absolute Gasteiger partial charge is 0.0625 e. The summed E-state index contributed by atoms with van der Waals surface area (Å²) in [6.07, 6.45) is 5.49. The second-order valence-electron chi connectivity index (χ2n) is 5.09. The topological polar surface area (TPSA) is 0 Å². The van der Waals surface area contributed by atoms with E-state index in [9.17, 15) is 0 Å². The number of rotatable bonds is 4. The Morgan fingerprint density at radius 2 is 1.50 bits per heavy atom. The smallest absolute Gasteiger partial charge is 0.0254 e. The summed E-state index contributed by atoms with van der Waals surface area (Å²) >= 11 is 0. The van der Waals surface area contributed by atoms with Crippen molar-refractivity contribution < 1.29 is 0 Å². The lowest BCUT2D eigenvalue weighted by Crippen LogP contribution is -1.93. The average Bonchev–Trinajstić information content (AvgIpc) is 2.37. The SMILES string of the molecule is CC(C)Cc1cccc(/C=C/c2ccccc2)c1. The van der Waals surface area contributed by atoms with Crippen molar-refractivity contribution in [3.63, 3.8) is 0 Å². The van der Waals surface area contributed by atoms with Crippen LogP contribution in [0.1, 0.15) is 30.5 Å². The highest BCUT2D eigenvalue weighted by Crippen LogP contribution is 2.13. The van der Waals surface area contributed by atoms with E-state index in [1.807, 2.05) is 6.07 Å². The highest BCUT2D eigenvalue weighted by Gasteiger charge is 1.97. The second-order valence-corrected chi connectivity index (χ2v) is 5.09. The molecular formula is C18H20. The molecule has 18 heavy (non-hydrogen) atoms. The molecule has 2 rings (SSSR count). The molecule has 0 amide bonds. The van der Waals surface area contributed by atoms with Gasteiger partial charge in [-0.15, -0.1) is 0 Å². The van der Waals surface area contributed by atoms with E-state index in [0.29, 0.717) is 5.92 Å². The lowest BCUT2D eigenvalue weighted by molar-refractivity contribution is 0.647. The van der Waals surface area contributed by atoms with Gasteiger partial charge in [-0.3, -0.25) is 0 Å². The maximum absolute atomic E-state index is 2.28.